The summed E-state index contributed by atoms with van der Waals surface area (Å²) >= 11 is 5.88. The Morgan fingerprint density at radius 2 is 1.95 bits per heavy atom. The Kier molecular flexibility index (Phi) is 11.2. The van der Waals surface area contributed by atoms with Gasteiger partial charge in [0.25, 0.3) is 0 Å². The van der Waals surface area contributed by atoms with Crippen LogP contribution in [0.3, 0.4) is 0 Å². The second-order valence-corrected chi connectivity index (χ2v) is 4.40. The fraction of sp³-hybridized carbons (Fsp3) is 0.429. The number of carbonyl (C=O) groups is 2. The van der Waals surface area contributed by atoms with E-state index < -0.39 is 11.9 Å². The average Bonchev–Trinajstić information content (AvgIpc) is 2.43. The standard InChI is InChI=1S/C12H18ClNO.C2H2O4/c1-2-15-8-4-7-14-10-11-5-3-6-12(13)9-11;3-1(4)2(5)6/h3,5-6,9,14H,2,4,7-8,10H2,1H3;(H,3,4)(H,5,6). The van der Waals surface area contributed by atoms with E-state index in [-0.39, 0.29) is 0 Å². The summed E-state index contributed by atoms with van der Waals surface area (Å²) in [5.74, 6) is -3.65. The van der Waals surface area contributed by atoms with Gasteiger partial charge < -0.3 is 20.3 Å². The van der Waals surface area contributed by atoms with Crippen LogP contribution in [0, 0.1) is 0 Å². The van der Waals surface area contributed by atoms with Crippen LogP contribution in [0.2, 0.25) is 5.02 Å². The normalized spacial score (nSPS) is 9.62. The third-order valence-corrected chi connectivity index (χ3v) is 2.48. The van der Waals surface area contributed by atoms with Gasteiger partial charge in [-0.15, -0.1) is 0 Å². The number of ether oxygens (including phenoxy) is 1. The lowest BCUT2D eigenvalue weighted by Crippen LogP contribution is -2.16. The number of nitrogens with one attached hydrogen (secondary N) is 1. The van der Waals surface area contributed by atoms with Crippen LogP contribution in [0.5, 0.6) is 0 Å². The molecule has 0 spiro atoms. The van der Waals surface area contributed by atoms with Crippen molar-refractivity contribution in [2.75, 3.05) is 19.8 Å². The zero-order chi connectivity index (χ0) is 16.1. The minimum atomic E-state index is -1.82. The summed E-state index contributed by atoms with van der Waals surface area (Å²) in [5, 5.41) is 18.9. The van der Waals surface area contributed by atoms with Crippen molar-refractivity contribution < 1.29 is 24.5 Å². The minimum Gasteiger partial charge on any atom is -0.473 e. The molecule has 0 aliphatic heterocycles. The first-order chi connectivity index (χ1) is 9.97. The quantitative estimate of drug-likeness (QED) is 0.526. The summed E-state index contributed by atoms with van der Waals surface area (Å²) < 4.78 is 5.24. The third kappa shape index (κ3) is 11.9. The van der Waals surface area contributed by atoms with Crippen molar-refractivity contribution in [3.8, 4) is 0 Å². The van der Waals surface area contributed by atoms with Crippen LogP contribution >= 0.6 is 11.6 Å². The number of carboxylic acids is 2. The number of hydrogen-bond acceptors (Lipinski definition) is 4. The Morgan fingerprint density at radius 1 is 1.29 bits per heavy atom. The lowest BCUT2D eigenvalue weighted by molar-refractivity contribution is -0.159. The van der Waals surface area contributed by atoms with Gasteiger partial charge in [-0.25, -0.2) is 9.59 Å². The first-order valence-corrected chi connectivity index (χ1v) is 6.84. The maximum absolute atomic E-state index is 9.10. The van der Waals surface area contributed by atoms with Crippen molar-refractivity contribution in [1.29, 1.82) is 0 Å². The zero-order valence-electron chi connectivity index (χ0n) is 11.8. The second-order valence-electron chi connectivity index (χ2n) is 3.97. The van der Waals surface area contributed by atoms with Gasteiger partial charge in [-0.1, -0.05) is 23.7 Å². The van der Waals surface area contributed by atoms with Gasteiger partial charge in [0.2, 0.25) is 0 Å². The maximum atomic E-state index is 9.10. The number of benzene rings is 1. The number of hydrogen-bond donors (Lipinski definition) is 3. The van der Waals surface area contributed by atoms with Crippen molar-refractivity contribution in [2.24, 2.45) is 0 Å². The van der Waals surface area contributed by atoms with Gasteiger partial charge in [0.1, 0.15) is 0 Å². The molecule has 118 valence electrons. The molecular formula is C14H20ClNO5. The van der Waals surface area contributed by atoms with Gasteiger partial charge in [0.05, 0.1) is 0 Å². The Bertz CT molecular complexity index is 427. The summed E-state index contributed by atoms with van der Waals surface area (Å²) in [6.07, 6.45) is 1.05. The zero-order valence-corrected chi connectivity index (χ0v) is 12.6. The Labute approximate surface area is 128 Å². The molecule has 1 aromatic carbocycles. The van der Waals surface area contributed by atoms with E-state index in [4.69, 9.17) is 36.1 Å². The number of rotatable bonds is 7. The Balaban J connectivity index is 0.000000567. The molecule has 1 rings (SSSR count). The van der Waals surface area contributed by atoms with E-state index in [1.54, 1.807) is 0 Å². The van der Waals surface area contributed by atoms with E-state index in [0.717, 1.165) is 37.7 Å². The summed E-state index contributed by atoms with van der Waals surface area (Å²) in [4.78, 5) is 18.2. The molecule has 6 nitrogen and oxygen atoms in total. The number of carboxylic acid groups (broad SMARTS) is 2. The van der Waals surface area contributed by atoms with Crippen molar-refractivity contribution >= 4 is 23.5 Å². The van der Waals surface area contributed by atoms with Gasteiger partial charge in [0.15, 0.2) is 0 Å². The highest BCUT2D eigenvalue weighted by Crippen LogP contribution is 2.09. The van der Waals surface area contributed by atoms with Gasteiger partial charge in [-0.05, 0) is 37.6 Å². The highest BCUT2D eigenvalue weighted by Gasteiger charge is 2.04. The predicted octanol–water partition coefficient (Wildman–Crippen LogP) is 2.01. The van der Waals surface area contributed by atoms with Crippen LogP contribution in [-0.2, 0) is 20.9 Å². The van der Waals surface area contributed by atoms with Crippen LogP contribution in [0.25, 0.3) is 0 Å². The molecule has 0 aromatic heterocycles. The molecule has 0 bridgehead atoms. The summed E-state index contributed by atoms with van der Waals surface area (Å²) in [6, 6.07) is 7.91. The van der Waals surface area contributed by atoms with Crippen LogP contribution in [0.4, 0.5) is 0 Å². The van der Waals surface area contributed by atoms with Gasteiger partial charge in [0, 0.05) is 24.8 Å². The molecule has 21 heavy (non-hydrogen) atoms. The lowest BCUT2D eigenvalue weighted by atomic mass is 10.2. The van der Waals surface area contributed by atoms with Gasteiger partial charge in [-0.2, -0.15) is 0 Å². The summed E-state index contributed by atoms with van der Waals surface area (Å²) in [5.41, 5.74) is 1.22. The first-order valence-electron chi connectivity index (χ1n) is 6.46. The molecule has 0 aliphatic carbocycles. The van der Waals surface area contributed by atoms with Crippen molar-refractivity contribution in [1.82, 2.24) is 5.32 Å². The topological polar surface area (TPSA) is 95.9 Å². The Morgan fingerprint density at radius 3 is 2.48 bits per heavy atom. The fourth-order valence-corrected chi connectivity index (χ4v) is 1.54. The minimum absolute atomic E-state index is 0.795. The first kappa shape index (κ1) is 19.4. The van der Waals surface area contributed by atoms with Gasteiger partial charge >= 0.3 is 11.9 Å². The number of halogens is 1. The molecule has 0 amide bonds. The third-order valence-electron chi connectivity index (χ3n) is 2.25. The van der Waals surface area contributed by atoms with Crippen LogP contribution in [-0.4, -0.2) is 41.9 Å². The summed E-state index contributed by atoms with van der Waals surface area (Å²) in [6.45, 7) is 5.49. The van der Waals surface area contributed by atoms with Crippen LogP contribution in [0.1, 0.15) is 18.9 Å². The van der Waals surface area contributed by atoms with Gasteiger partial charge in [-0.3, -0.25) is 0 Å². The van der Waals surface area contributed by atoms with Crippen molar-refractivity contribution in [3.05, 3.63) is 34.9 Å². The Hall–Kier alpha value is -1.63. The smallest absolute Gasteiger partial charge is 0.414 e. The molecule has 0 unspecified atom stereocenters. The van der Waals surface area contributed by atoms with Crippen LogP contribution < -0.4 is 5.32 Å². The molecule has 0 saturated carbocycles. The molecule has 0 aliphatic rings. The molecular weight excluding hydrogens is 298 g/mol. The monoisotopic (exact) mass is 317 g/mol. The molecule has 7 heteroatoms. The van der Waals surface area contributed by atoms with E-state index in [1.165, 1.54) is 5.56 Å². The molecule has 1 aromatic rings. The maximum Gasteiger partial charge on any atom is 0.414 e. The van der Waals surface area contributed by atoms with E-state index in [0.29, 0.717) is 0 Å². The second kappa shape index (κ2) is 12.1. The van der Waals surface area contributed by atoms with Crippen molar-refractivity contribution in [3.63, 3.8) is 0 Å². The molecule has 3 N–H and O–H groups in total. The SMILES string of the molecule is CCOCCCNCc1cccc(Cl)c1.O=C(O)C(=O)O. The highest BCUT2D eigenvalue weighted by atomic mass is 35.5. The van der Waals surface area contributed by atoms with E-state index in [2.05, 4.69) is 11.4 Å². The highest BCUT2D eigenvalue weighted by molar-refractivity contribution is 6.30. The largest absolute Gasteiger partial charge is 0.473 e. The average molecular weight is 318 g/mol. The molecule has 0 saturated heterocycles. The predicted molar refractivity (Wildman–Crippen MR) is 79.5 cm³/mol. The van der Waals surface area contributed by atoms with Crippen LogP contribution in [0.15, 0.2) is 24.3 Å². The number of aliphatic carboxylic acids is 2. The molecule has 0 atom stereocenters. The summed E-state index contributed by atoms with van der Waals surface area (Å²) in [7, 11) is 0. The molecule has 0 heterocycles. The lowest BCUT2D eigenvalue weighted by Gasteiger charge is -2.05. The van der Waals surface area contributed by atoms with Crippen molar-refractivity contribution in [2.45, 2.75) is 19.9 Å². The molecule has 0 fully saturated rings. The van der Waals surface area contributed by atoms with E-state index in [1.807, 2.05) is 25.1 Å². The molecule has 0 radical (unpaired) electrons. The van der Waals surface area contributed by atoms with E-state index in [9.17, 15) is 0 Å². The fourth-order valence-electron chi connectivity index (χ4n) is 1.32. The van der Waals surface area contributed by atoms with E-state index >= 15 is 0 Å².